The third kappa shape index (κ3) is 8.38. The van der Waals surface area contributed by atoms with Crippen LogP contribution in [0.25, 0.3) is 6.08 Å². The van der Waals surface area contributed by atoms with Crippen LogP contribution in [0.15, 0.2) is 150 Å². The Morgan fingerprint density at radius 1 is 0.766 bits per heavy atom. The highest BCUT2D eigenvalue weighted by molar-refractivity contribution is 8.00. The molecule has 0 heterocycles. The van der Waals surface area contributed by atoms with Crippen LogP contribution in [0.3, 0.4) is 0 Å². The minimum Gasteiger partial charge on any atom is -0.321 e. The Hall–Kier alpha value is -6.00. The first-order valence-electron chi connectivity index (χ1n) is 14.6. The van der Waals surface area contributed by atoms with Crippen molar-refractivity contribution in [3.63, 3.8) is 0 Å². The first kappa shape index (κ1) is 32.4. The average molecular weight is 643 g/mol. The van der Waals surface area contributed by atoms with Crippen LogP contribution in [0, 0.1) is 10.1 Å². The molecule has 1 atom stereocenters. The molecule has 2 N–H and O–H groups in total. The van der Waals surface area contributed by atoms with E-state index in [0.717, 1.165) is 16.3 Å². The number of hydrogen-bond acceptors (Lipinski definition) is 6. The molecule has 0 radical (unpaired) electrons. The third-order valence-electron chi connectivity index (χ3n) is 6.96. The zero-order chi connectivity index (χ0) is 33.2. The van der Waals surface area contributed by atoms with Crippen molar-refractivity contribution in [2.45, 2.75) is 17.1 Å². The molecule has 0 aliphatic rings. The number of carbonyl (C=O) groups excluding carboxylic acids is 3. The van der Waals surface area contributed by atoms with Crippen LogP contribution < -0.4 is 15.5 Å². The largest absolute Gasteiger partial charge is 0.321 e. The van der Waals surface area contributed by atoms with E-state index in [1.807, 2.05) is 73.7 Å². The number of nitro groups is 1. The van der Waals surface area contributed by atoms with Crippen LogP contribution >= 0.6 is 11.8 Å². The second kappa shape index (κ2) is 15.3. The van der Waals surface area contributed by atoms with Gasteiger partial charge < -0.3 is 10.6 Å². The number of benzene rings is 5. The monoisotopic (exact) mass is 642 g/mol. The highest BCUT2D eigenvalue weighted by atomic mass is 32.2. The van der Waals surface area contributed by atoms with Gasteiger partial charge in [0.25, 0.3) is 17.5 Å². The van der Waals surface area contributed by atoms with E-state index in [1.165, 1.54) is 36.0 Å². The number of carbonyl (C=O) groups is 3. The number of amides is 3. The quantitative estimate of drug-likeness (QED) is 0.0655. The Kier molecular flexibility index (Phi) is 10.6. The topological polar surface area (TPSA) is 122 Å². The van der Waals surface area contributed by atoms with Gasteiger partial charge in [0.15, 0.2) is 0 Å². The Morgan fingerprint density at radius 3 is 1.96 bits per heavy atom. The zero-order valence-corrected chi connectivity index (χ0v) is 26.1. The van der Waals surface area contributed by atoms with Gasteiger partial charge in [0, 0.05) is 33.6 Å². The molecule has 5 aromatic carbocycles. The first-order valence-corrected chi connectivity index (χ1v) is 15.5. The molecule has 0 fully saturated rings. The van der Waals surface area contributed by atoms with Crippen LogP contribution in [0.2, 0.25) is 0 Å². The summed E-state index contributed by atoms with van der Waals surface area (Å²) in [4.78, 5) is 53.9. The van der Waals surface area contributed by atoms with Crippen LogP contribution in [-0.2, 0) is 9.59 Å². The van der Waals surface area contributed by atoms with Gasteiger partial charge in [-0.2, -0.15) is 0 Å². The molecular weight excluding hydrogens is 612 g/mol. The minimum absolute atomic E-state index is 0.125. The summed E-state index contributed by atoms with van der Waals surface area (Å²) < 4.78 is 0. The summed E-state index contributed by atoms with van der Waals surface area (Å²) in [6.45, 7) is 1.82. The number of anilines is 3. The highest BCUT2D eigenvalue weighted by Gasteiger charge is 2.25. The highest BCUT2D eigenvalue weighted by Crippen LogP contribution is 2.32. The van der Waals surface area contributed by atoms with E-state index in [1.54, 1.807) is 59.5 Å². The Labute approximate surface area is 276 Å². The molecule has 47 heavy (non-hydrogen) atoms. The number of rotatable bonds is 11. The summed E-state index contributed by atoms with van der Waals surface area (Å²) in [5.41, 5.74) is 1.95. The van der Waals surface area contributed by atoms with Gasteiger partial charge in [-0.3, -0.25) is 29.4 Å². The van der Waals surface area contributed by atoms with Crippen LogP contribution in [-0.4, -0.2) is 27.9 Å². The lowest BCUT2D eigenvalue weighted by Crippen LogP contribution is -2.32. The normalized spacial score (nSPS) is 11.6. The molecule has 0 spiro atoms. The summed E-state index contributed by atoms with van der Waals surface area (Å²) >= 11 is 1.33. The van der Waals surface area contributed by atoms with Gasteiger partial charge in [-0.15, -0.1) is 11.8 Å². The lowest BCUT2D eigenvalue weighted by molar-refractivity contribution is -0.385. The molecule has 10 heteroatoms. The minimum atomic E-state index is -0.682. The van der Waals surface area contributed by atoms with Crippen LogP contribution in [0.5, 0.6) is 0 Å². The molecule has 5 aromatic rings. The first-order chi connectivity index (χ1) is 22.8. The average Bonchev–Trinajstić information content (AvgIpc) is 3.09. The summed E-state index contributed by atoms with van der Waals surface area (Å²) in [5.74, 6) is -1.36. The number of nitrogens with one attached hydrogen (secondary N) is 2. The SMILES string of the molecule is CC(Sc1cccc(NC(=O)/C(=C\c2ccccc2[N+](=O)[O-])NC(=O)c2ccccc2)c1)C(=O)N(c1ccccc1)c1ccccc1. The van der Waals surface area contributed by atoms with Crippen LogP contribution in [0.4, 0.5) is 22.7 Å². The van der Waals surface area contributed by atoms with Crippen molar-refractivity contribution in [2.75, 3.05) is 10.2 Å². The van der Waals surface area contributed by atoms with Crippen molar-refractivity contribution in [3.8, 4) is 0 Å². The Balaban J connectivity index is 1.37. The number of nitro benzene ring substituents is 1. The van der Waals surface area contributed by atoms with E-state index < -0.39 is 22.0 Å². The van der Waals surface area contributed by atoms with E-state index >= 15 is 0 Å². The summed E-state index contributed by atoms with van der Waals surface area (Å²) in [5, 5.41) is 16.5. The number of hydrogen-bond donors (Lipinski definition) is 2. The third-order valence-corrected chi connectivity index (χ3v) is 8.05. The fourth-order valence-corrected chi connectivity index (χ4v) is 5.68. The molecule has 9 nitrogen and oxygen atoms in total. The van der Waals surface area contributed by atoms with Gasteiger partial charge in [0.2, 0.25) is 5.91 Å². The van der Waals surface area contributed by atoms with Gasteiger partial charge >= 0.3 is 0 Å². The predicted octanol–water partition coefficient (Wildman–Crippen LogP) is 7.85. The molecule has 0 saturated heterocycles. The van der Waals surface area contributed by atoms with Crippen molar-refractivity contribution in [3.05, 3.63) is 166 Å². The fourth-order valence-electron chi connectivity index (χ4n) is 4.71. The predicted molar refractivity (Wildman–Crippen MR) is 185 cm³/mol. The van der Waals surface area contributed by atoms with Crippen molar-refractivity contribution < 1.29 is 19.3 Å². The summed E-state index contributed by atoms with van der Waals surface area (Å²) in [6, 6.07) is 40.1. The molecule has 1 unspecified atom stereocenters. The standard InChI is InChI=1S/C37H30N4O5S/c1-26(37(44)40(30-18-7-3-8-19-30)31-20-9-4-10-21-31)47-32-22-13-17-29(25-32)38-36(43)33(39-35(42)27-14-5-2-6-15-27)24-28-16-11-12-23-34(28)41(45)46/h2-26H,1H3,(H,38,43)(H,39,42)/b33-24+. The van der Waals surface area contributed by atoms with E-state index in [-0.39, 0.29) is 22.9 Å². The van der Waals surface area contributed by atoms with E-state index in [4.69, 9.17) is 0 Å². The molecule has 3 amide bonds. The van der Waals surface area contributed by atoms with Crippen molar-refractivity contribution in [2.24, 2.45) is 0 Å². The van der Waals surface area contributed by atoms with Crippen LogP contribution in [0.1, 0.15) is 22.8 Å². The van der Waals surface area contributed by atoms with Gasteiger partial charge in [-0.25, -0.2) is 0 Å². The number of para-hydroxylation sites is 3. The van der Waals surface area contributed by atoms with Crippen molar-refractivity contribution in [1.82, 2.24) is 5.32 Å². The number of thioether (sulfide) groups is 1. The second-order valence-corrected chi connectivity index (χ2v) is 11.7. The number of nitrogens with zero attached hydrogens (tertiary/aromatic N) is 2. The van der Waals surface area contributed by atoms with Gasteiger partial charge in [-0.1, -0.05) is 72.8 Å². The Bertz CT molecular complexity index is 1880. The van der Waals surface area contributed by atoms with Crippen molar-refractivity contribution in [1.29, 1.82) is 0 Å². The molecule has 234 valence electrons. The maximum Gasteiger partial charge on any atom is 0.276 e. The molecule has 5 rings (SSSR count). The smallest absolute Gasteiger partial charge is 0.276 e. The Morgan fingerprint density at radius 2 is 1.34 bits per heavy atom. The molecular formula is C37H30N4O5S. The molecule has 0 aliphatic heterocycles. The van der Waals surface area contributed by atoms with E-state index in [2.05, 4.69) is 10.6 Å². The van der Waals surface area contributed by atoms with Crippen molar-refractivity contribution >= 4 is 58.3 Å². The second-order valence-electron chi connectivity index (χ2n) is 10.3. The van der Waals surface area contributed by atoms with Gasteiger partial charge in [0.05, 0.1) is 15.7 Å². The van der Waals surface area contributed by atoms with Gasteiger partial charge in [0.1, 0.15) is 5.70 Å². The lowest BCUT2D eigenvalue weighted by atomic mass is 10.1. The summed E-state index contributed by atoms with van der Waals surface area (Å²) in [7, 11) is 0. The maximum absolute atomic E-state index is 13.8. The fraction of sp³-hybridized carbons (Fsp3) is 0.0541. The van der Waals surface area contributed by atoms with Gasteiger partial charge in [-0.05, 0) is 73.7 Å². The van der Waals surface area contributed by atoms with E-state index in [9.17, 15) is 24.5 Å². The molecule has 0 saturated carbocycles. The zero-order valence-electron chi connectivity index (χ0n) is 25.3. The molecule has 0 bridgehead atoms. The summed E-state index contributed by atoms with van der Waals surface area (Å²) in [6.07, 6.45) is 1.27. The molecule has 0 aliphatic carbocycles. The lowest BCUT2D eigenvalue weighted by Gasteiger charge is -2.26. The maximum atomic E-state index is 13.8. The van der Waals surface area contributed by atoms with E-state index in [0.29, 0.717) is 11.3 Å². The molecule has 0 aromatic heterocycles.